The Morgan fingerprint density at radius 2 is 1.71 bits per heavy atom. The van der Waals surface area contributed by atoms with Crippen molar-refractivity contribution in [2.75, 3.05) is 39.9 Å². The number of piperazine rings is 1. The van der Waals surface area contributed by atoms with E-state index in [2.05, 4.69) is 40.6 Å². The quantitative estimate of drug-likeness (QED) is 0.361. The normalized spacial score (nSPS) is 15.3. The number of benzene rings is 3. The number of esters is 1. The third-order valence-corrected chi connectivity index (χ3v) is 6.33. The topological polar surface area (TPSA) is 62.2 Å². The smallest absolute Gasteiger partial charge is 0.337 e. The summed E-state index contributed by atoms with van der Waals surface area (Å²) in [6.07, 6.45) is 1.71. The Labute approximate surface area is 207 Å². The third kappa shape index (κ3) is 5.91. The van der Waals surface area contributed by atoms with E-state index in [0.29, 0.717) is 17.7 Å². The van der Waals surface area contributed by atoms with Crippen molar-refractivity contribution < 1.29 is 19.4 Å². The maximum Gasteiger partial charge on any atom is 0.337 e. The summed E-state index contributed by atoms with van der Waals surface area (Å²) in [5.41, 5.74) is 3.28. The molecule has 1 atom stereocenters. The van der Waals surface area contributed by atoms with Crippen LogP contribution in [-0.2, 0) is 11.3 Å². The van der Waals surface area contributed by atoms with Crippen LogP contribution in [-0.4, -0.2) is 60.8 Å². The van der Waals surface area contributed by atoms with Gasteiger partial charge in [0.05, 0.1) is 18.7 Å². The molecular formula is C29H32N2O4. The van der Waals surface area contributed by atoms with E-state index in [-0.39, 0.29) is 11.8 Å². The Kier molecular flexibility index (Phi) is 8.19. The van der Waals surface area contributed by atoms with E-state index < -0.39 is 5.97 Å². The van der Waals surface area contributed by atoms with Crippen LogP contribution in [0, 0.1) is 0 Å². The minimum absolute atomic E-state index is 0.132. The average molecular weight is 473 g/mol. The van der Waals surface area contributed by atoms with E-state index in [9.17, 15) is 9.90 Å². The van der Waals surface area contributed by atoms with Crippen molar-refractivity contribution in [2.24, 2.45) is 0 Å². The number of aromatic hydroxyl groups is 1. The molecule has 0 aliphatic carbocycles. The van der Waals surface area contributed by atoms with Crippen LogP contribution in [0.25, 0.3) is 0 Å². The van der Waals surface area contributed by atoms with Crippen LogP contribution in [0.4, 0.5) is 0 Å². The minimum Gasteiger partial charge on any atom is -0.508 e. The van der Waals surface area contributed by atoms with Gasteiger partial charge in [-0.25, -0.2) is 4.79 Å². The first kappa shape index (κ1) is 24.5. The van der Waals surface area contributed by atoms with Crippen molar-refractivity contribution in [3.8, 4) is 11.5 Å². The fraction of sp³-hybridized carbons (Fsp3) is 0.276. The molecule has 1 heterocycles. The maximum absolute atomic E-state index is 12.3. The molecule has 35 heavy (non-hydrogen) atoms. The van der Waals surface area contributed by atoms with Crippen molar-refractivity contribution in [1.29, 1.82) is 0 Å². The molecule has 0 spiro atoms. The summed E-state index contributed by atoms with van der Waals surface area (Å²) in [5.74, 6) is 0.425. The number of nitrogens with zero attached hydrogens (tertiary/aromatic N) is 2. The fourth-order valence-corrected chi connectivity index (χ4v) is 4.59. The molecule has 3 aromatic rings. The SMILES string of the molecule is C=CCOc1ccccc1C(c1cc(C(=O)OC)ccc1O)N1CCN(Cc2ccccc2)CC1. The number of carbonyl (C=O) groups excluding carboxylic acids is 1. The zero-order chi connectivity index (χ0) is 24.6. The summed E-state index contributed by atoms with van der Waals surface area (Å²) in [5, 5.41) is 10.9. The summed E-state index contributed by atoms with van der Waals surface area (Å²) in [7, 11) is 1.36. The Morgan fingerprint density at radius 1 is 1.00 bits per heavy atom. The molecule has 1 unspecified atom stereocenters. The van der Waals surface area contributed by atoms with Crippen molar-refractivity contribution in [1.82, 2.24) is 9.80 Å². The lowest BCUT2D eigenvalue weighted by atomic mass is 9.93. The lowest BCUT2D eigenvalue weighted by Gasteiger charge is -2.40. The summed E-state index contributed by atoms with van der Waals surface area (Å²) in [4.78, 5) is 17.1. The number of para-hydroxylation sites is 1. The van der Waals surface area contributed by atoms with Crippen LogP contribution < -0.4 is 4.74 Å². The van der Waals surface area contributed by atoms with Gasteiger partial charge in [-0.2, -0.15) is 0 Å². The standard InChI is InChI=1S/C29H32N2O4/c1-3-19-35-27-12-8-7-11-24(27)28(25-20-23(29(33)34-2)13-14-26(25)32)31-17-15-30(16-18-31)21-22-9-5-4-6-10-22/h3-14,20,28,32H,1,15-19,21H2,2H3. The van der Waals surface area contributed by atoms with Gasteiger partial charge < -0.3 is 14.6 Å². The number of rotatable bonds is 9. The highest BCUT2D eigenvalue weighted by molar-refractivity contribution is 5.89. The number of carbonyl (C=O) groups is 1. The van der Waals surface area contributed by atoms with Gasteiger partial charge in [-0.1, -0.05) is 61.2 Å². The van der Waals surface area contributed by atoms with E-state index in [1.54, 1.807) is 24.3 Å². The summed E-state index contributed by atoms with van der Waals surface area (Å²) >= 11 is 0. The average Bonchev–Trinajstić information content (AvgIpc) is 2.90. The molecule has 0 bridgehead atoms. The van der Waals surface area contributed by atoms with Crippen LogP contribution in [0.15, 0.2) is 85.5 Å². The van der Waals surface area contributed by atoms with Crippen molar-refractivity contribution in [3.63, 3.8) is 0 Å². The van der Waals surface area contributed by atoms with Gasteiger partial charge in [0.25, 0.3) is 0 Å². The Hall–Kier alpha value is -3.61. The van der Waals surface area contributed by atoms with Gasteiger partial charge >= 0.3 is 5.97 Å². The number of methoxy groups -OCH3 is 1. The number of phenols is 1. The van der Waals surface area contributed by atoms with Gasteiger partial charge in [0.1, 0.15) is 18.1 Å². The monoisotopic (exact) mass is 472 g/mol. The first-order valence-electron chi connectivity index (χ1n) is 11.8. The van der Waals surface area contributed by atoms with Crippen LogP contribution in [0.5, 0.6) is 11.5 Å². The number of phenolic OH excluding ortho intramolecular Hbond substituents is 1. The molecule has 1 aliphatic rings. The lowest BCUT2D eigenvalue weighted by molar-refractivity contribution is 0.0600. The maximum atomic E-state index is 12.3. The Bertz CT molecular complexity index is 1140. The highest BCUT2D eigenvalue weighted by Gasteiger charge is 2.31. The molecule has 3 aromatic carbocycles. The molecule has 1 saturated heterocycles. The predicted molar refractivity (Wildman–Crippen MR) is 137 cm³/mol. The highest BCUT2D eigenvalue weighted by Crippen LogP contribution is 2.39. The first-order chi connectivity index (χ1) is 17.1. The predicted octanol–water partition coefficient (Wildman–Crippen LogP) is 4.65. The van der Waals surface area contributed by atoms with Gasteiger partial charge in [0.15, 0.2) is 0 Å². The molecule has 4 rings (SSSR count). The first-order valence-corrected chi connectivity index (χ1v) is 11.8. The van der Waals surface area contributed by atoms with Gasteiger partial charge in [-0.05, 0) is 29.8 Å². The molecule has 182 valence electrons. The Balaban J connectivity index is 1.66. The molecule has 0 amide bonds. The van der Waals surface area contributed by atoms with E-state index >= 15 is 0 Å². The minimum atomic E-state index is -0.436. The summed E-state index contributed by atoms with van der Waals surface area (Å²) in [6.45, 7) is 8.42. The molecule has 0 aromatic heterocycles. The van der Waals surface area contributed by atoms with Crippen LogP contribution in [0.3, 0.4) is 0 Å². The van der Waals surface area contributed by atoms with Crippen LogP contribution >= 0.6 is 0 Å². The Morgan fingerprint density at radius 3 is 2.43 bits per heavy atom. The molecule has 0 saturated carbocycles. The second kappa shape index (κ2) is 11.7. The largest absolute Gasteiger partial charge is 0.508 e. The number of hydrogen-bond donors (Lipinski definition) is 1. The second-order valence-electron chi connectivity index (χ2n) is 8.60. The zero-order valence-corrected chi connectivity index (χ0v) is 20.1. The van der Waals surface area contributed by atoms with Crippen LogP contribution in [0.2, 0.25) is 0 Å². The molecule has 1 aliphatic heterocycles. The van der Waals surface area contributed by atoms with Gasteiger partial charge in [0.2, 0.25) is 0 Å². The zero-order valence-electron chi connectivity index (χ0n) is 20.1. The fourth-order valence-electron chi connectivity index (χ4n) is 4.59. The number of ether oxygens (including phenoxy) is 2. The highest BCUT2D eigenvalue weighted by atomic mass is 16.5. The van der Waals surface area contributed by atoms with Gasteiger partial charge in [0, 0.05) is 43.9 Å². The third-order valence-electron chi connectivity index (χ3n) is 6.33. The molecule has 6 heteroatoms. The second-order valence-corrected chi connectivity index (χ2v) is 8.60. The molecule has 0 radical (unpaired) electrons. The van der Waals surface area contributed by atoms with Crippen molar-refractivity contribution >= 4 is 5.97 Å². The van der Waals surface area contributed by atoms with Gasteiger partial charge in [-0.3, -0.25) is 9.80 Å². The number of hydrogen-bond acceptors (Lipinski definition) is 6. The molecule has 6 nitrogen and oxygen atoms in total. The molecule has 1 fully saturated rings. The van der Waals surface area contributed by atoms with E-state index in [1.165, 1.54) is 12.7 Å². The van der Waals surface area contributed by atoms with E-state index in [0.717, 1.165) is 44.0 Å². The summed E-state index contributed by atoms with van der Waals surface area (Å²) in [6, 6.07) is 22.9. The molecular weight excluding hydrogens is 440 g/mol. The van der Waals surface area contributed by atoms with E-state index in [1.807, 2.05) is 30.3 Å². The van der Waals surface area contributed by atoms with Crippen molar-refractivity contribution in [2.45, 2.75) is 12.6 Å². The van der Waals surface area contributed by atoms with Gasteiger partial charge in [-0.15, -0.1) is 0 Å². The lowest BCUT2D eigenvalue weighted by Crippen LogP contribution is -2.47. The molecule has 1 N–H and O–H groups in total. The van der Waals surface area contributed by atoms with Crippen molar-refractivity contribution in [3.05, 3.63) is 108 Å². The van der Waals surface area contributed by atoms with Crippen LogP contribution in [0.1, 0.15) is 33.1 Å². The van der Waals surface area contributed by atoms with E-state index in [4.69, 9.17) is 9.47 Å². The summed E-state index contributed by atoms with van der Waals surface area (Å²) < 4.78 is 10.9.